The molecule has 0 spiro atoms. The molecule has 0 radical (unpaired) electrons. The Morgan fingerprint density at radius 3 is 2.83 bits per heavy atom. The molecule has 0 bridgehead atoms. The van der Waals surface area contributed by atoms with Crippen LogP contribution >= 0.6 is 11.6 Å². The Morgan fingerprint density at radius 1 is 1.43 bits per heavy atom. The minimum absolute atomic E-state index is 0.0685. The number of methoxy groups -OCH3 is 1. The molecule has 0 atom stereocenters. The minimum Gasteiger partial charge on any atom is -0.464 e. The first-order chi connectivity index (χ1) is 11.0. The van der Waals surface area contributed by atoms with Crippen LogP contribution < -0.4 is 5.73 Å². The largest absolute Gasteiger partial charge is 0.464 e. The summed E-state index contributed by atoms with van der Waals surface area (Å²) in [6, 6.07) is 7.22. The number of rotatable bonds is 2. The van der Waals surface area contributed by atoms with Gasteiger partial charge in [0.2, 0.25) is 0 Å². The van der Waals surface area contributed by atoms with Gasteiger partial charge in [0.25, 0.3) is 0 Å². The van der Waals surface area contributed by atoms with Crippen LogP contribution in [0.1, 0.15) is 21.8 Å². The number of benzene rings is 1. The number of nitrogen functional groups attached to an aromatic ring is 1. The van der Waals surface area contributed by atoms with E-state index in [0.717, 1.165) is 11.1 Å². The van der Waals surface area contributed by atoms with Crippen LogP contribution in [0.5, 0.6) is 0 Å². The summed E-state index contributed by atoms with van der Waals surface area (Å²) in [4.78, 5) is 12.0. The predicted molar refractivity (Wildman–Crippen MR) is 85.8 cm³/mol. The molecule has 7 heteroatoms. The van der Waals surface area contributed by atoms with E-state index in [1.165, 1.54) is 17.9 Å². The number of esters is 1. The van der Waals surface area contributed by atoms with Gasteiger partial charge in [0.15, 0.2) is 11.3 Å². The van der Waals surface area contributed by atoms with E-state index in [1.54, 1.807) is 12.1 Å². The van der Waals surface area contributed by atoms with E-state index in [4.69, 9.17) is 31.8 Å². The summed E-state index contributed by atoms with van der Waals surface area (Å²) in [6.07, 6.45) is 1.48. The van der Waals surface area contributed by atoms with Gasteiger partial charge in [-0.1, -0.05) is 11.6 Å². The molecule has 2 aromatic heterocycles. The first-order valence-corrected chi connectivity index (χ1v) is 7.03. The third-order valence-electron chi connectivity index (χ3n) is 3.50. The van der Waals surface area contributed by atoms with Crippen molar-refractivity contribution >= 4 is 34.2 Å². The van der Waals surface area contributed by atoms with Gasteiger partial charge >= 0.3 is 5.97 Å². The summed E-state index contributed by atoms with van der Waals surface area (Å²) in [7, 11) is 1.25. The van der Waals surface area contributed by atoms with E-state index in [1.807, 2.05) is 19.1 Å². The number of fused-ring (bicyclic) bond motifs is 1. The van der Waals surface area contributed by atoms with Crippen molar-refractivity contribution in [1.82, 2.24) is 4.57 Å². The molecule has 0 aliphatic carbocycles. The van der Waals surface area contributed by atoms with Gasteiger partial charge in [-0.25, -0.2) is 4.79 Å². The van der Waals surface area contributed by atoms with Crippen LogP contribution in [0.2, 0.25) is 5.02 Å². The van der Waals surface area contributed by atoms with Crippen molar-refractivity contribution in [3.63, 3.8) is 0 Å². The maximum absolute atomic E-state index is 12.0. The molecular formula is C16H12ClN3O3. The Balaban J connectivity index is 2.30. The second-order valence-electron chi connectivity index (χ2n) is 4.98. The summed E-state index contributed by atoms with van der Waals surface area (Å²) in [5, 5.41) is 10.3. The molecule has 0 amide bonds. The fraction of sp³-hybridized carbons (Fsp3) is 0.125. The second kappa shape index (κ2) is 5.38. The summed E-state index contributed by atoms with van der Waals surface area (Å²) >= 11 is 6.25. The van der Waals surface area contributed by atoms with Crippen LogP contribution in [-0.2, 0) is 4.74 Å². The molecule has 0 aliphatic heterocycles. The van der Waals surface area contributed by atoms with Gasteiger partial charge < -0.3 is 19.5 Å². The number of aromatic nitrogens is 1. The van der Waals surface area contributed by atoms with Crippen molar-refractivity contribution in [3.8, 4) is 11.8 Å². The molecule has 116 valence electrons. The highest BCUT2D eigenvalue weighted by atomic mass is 35.5. The topological polar surface area (TPSA) is 94.2 Å². The normalized spacial score (nSPS) is 10.7. The van der Waals surface area contributed by atoms with Gasteiger partial charge in [0.05, 0.1) is 23.4 Å². The standard InChI is InChI=1S/C16H12ClN3O3/c1-8-3-9-4-11(5-12(17)15(9)23-8)20-7-10(6-18)13(19)14(20)16(21)22-2/h3-5,7H,19H2,1-2H3. The van der Waals surface area contributed by atoms with Gasteiger partial charge in [-0.2, -0.15) is 5.26 Å². The minimum atomic E-state index is -0.636. The average Bonchev–Trinajstić information content (AvgIpc) is 3.06. The van der Waals surface area contributed by atoms with Crippen LogP contribution in [-0.4, -0.2) is 17.6 Å². The Bertz CT molecular complexity index is 979. The number of ether oxygens (including phenoxy) is 1. The molecule has 6 nitrogen and oxygen atoms in total. The highest BCUT2D eigenvalue weighted by Crippen LogP contribution is 2.32. The number of hydrogen-bond donors (Lipinski definition) is 1. The molecule has 0 unspecified atom stereocenters. The number of halogens is 1. The molecule has 1 aromatic carbocycles. The van der Waals surface area contributed by atoms with Crippen molar-refractivity contribution in [1.29, 1.82) is 5.26 Å². The highest BCUT2D eigenvalue weighted by Gasteiger charge is 2.22. The highest BCUT2D eigenvalue weighted by molar-refractivity contribution is 6.35. The summed E-state index contributed by atoms with van der Waals surface area (Å²) in [5.41, 5.74) is 7.37. The SMILES string of the molecule is COC(=O)c1c(N)c(C#N)cn1-c1cc(Cl)c2oc(C)cc2c1. The molecule has 2 heterocycles. The maximum Gasteiger partial charge on any atom is 0.357 e. The fourth-order valence-corrected chi connectivity index (χ4v) is 2.74. The lowest BCUT2D eigenvalue weighted by Gasteiger charge is -2.09. The van der Waals surface area contributed by atoms with Crippen LogP contribution in [0, 0.1) is 18.3 Å². The number of carbonyl (C=O) groups excluding carboxylic acids is 1. The van der Waals surface area contributed by atoms with Crippen molar-refractivity contribution in [2.75, 3.05) is 12.8 Å². The number of nitriles is 1. The summed E-state index contributed by atoms with van der Waals surface area (Å²) < 4.78 is 11.8. The maximum atomic E-state index is 12.0. The van der Waals surface area contributed by atoms with E-state index < -0.39 is 5.97 Å². The van der Waals surface area contributed by atoms with E-state index in [2.05, 4.69) is 0 Å². The Morgan fingerprint density at radius 2 is 2.17 bits per heavy atom. The van der Waals surface area contributed by atoms with Crippen LogP contribution in [0.4, 0.5) is 5.69 Å². The van der Waals surface area contributed by atoms with Crippen molar-refractivity contribution in [3.05, 3.63) is 46.4 Å². The van der Waals surface area contributed by atoms with Gasteiger partial charge in [-0.15, -0.1) is 0 Å². The number of anilines is 1. The zero-order chi connectivity index (χ0) is 16.7. The number of aryl methyl sites for hydroxylation is 1. The number of carbonyl (C=O) groups is 1. The zero-order valence-electron chi connectivity index (χ0n) is 12.4. The molecule has 3 aromatic rings. The smallest absolute Gasteiger partial charge is 0.357 e. The van der Waals surface area contributed by atoms with Crippen LogP contribution in [0.3, 0.4) is 0 Å². The number of furan rings is 1. The van der Waals surface area contributed by atoms with E-state index >= 15 is 0 Å². The molecule has 0 saturated heterocycles. The first kappa shape index (κ1) is 15.0. The van der Waals surface area contributed by atoms with Crippen LogP contribution in [0.15, 0.2) is 28.8 Å². The summed E-state index contributed by atoms with van der Waals surface area (Å²) in [5.74, 6) is 0.0839. The van der Waals surface area contributed by atoms with Crippen molar-refractivity contribution < 1.29 is 13.9 Å². The fourth-order valence-electron chi connectivity index (χ4n) is 2.48. The lowest BCUT2D eigenvalue weighted by atomic mass is 10.2. The van der Waals surface area contributed by atoms with E-state index in [0.29, 0.717) is 16.3 Å². The zero-order valence-corrected chi connectivity index (χ0v) is 13.1. The second-order valence-corrected chi connectivity index (χ2v) is 5.39. The molecule has 2 N–H and O–H groups in total. The van der Waals surface area contributed by atoms with Crippen LogP contribution in [0.25, 0.3) is 16.7 Å². The number of nitrogens with two attached hydrogens (primary N) is 1. The lowest BCUT2D eigenvalue weighted by Crippen LogP contribution is -2.11. The Labute approximate surface area is 136 Å². The monoisotopic (exact) mass is 329 g/mol. The van der Waals surface area contributed by atoms with Gasteiger partial charge in [0.1, 0.15) is 11.8 Å². The Kier molecular flexibility index (Phi) is 3.51. The number of hydrogen-bond acceptors (Lipinski definition) is 5. The van der Waals surface area contributed by atoms with E-state index in [9.17, 15) is 4.79 Å². The molecule has 23 heavy (non-hydrogen) atoms. The molecule has 0 fully saturated rings. The summed E-state index contributed by atoms with van der Waals surface area (Å²) in [6.45, 7) is 1.82. The molecule has 0 saturated carbocycles. The lowest BCUT2D eigenvalue weighted by molar-refractivity contribution is 0.0593. The van der Waals surface area contributed by atoms with E-state index in [-0.39, 0.29) is 16.9 Å². The Hall–Kier alpha value is -2.91. The van der Waals surface area contributed by atoms with Gasteiger partial charge in [-0.05, 0) is 25.1 Å². The quantitative estimate of drug-likeness (QED) is 0.727. The number of nitrogens with zero attached hydrogens (tertiary/aromatic N) is 2. The average molecular weight is 330 g/mol. The first-order valence-electron chi connectivity index (χ1n) is 6.65. The molecule has 3 rings (SSSR count). The molecule has 0 aliphatic rings. The molecular weight excluding hydrogens is 318 g/mol. The third-order valence-corrected chi connectivity index (χ3v) is 3.78. The van der Waals surface area contributed by atoms with Crippen molar-refractivity contribution in [2.24, 2.45) is 0 Å². The van der Waals surface area contributed by atoms with Crippen molar-refractivity contribution in [2.45, 2.75) is 6.92 Å². The predicted octanol–water partition coefficient (Wildman–Crippen LogP) is 3.43. The van der Waals surface area contributed by atoms with Gasteiger partial charge in [-0.3, -0.25) is 0 Å². The van der Waals surface area contributed by atoms with Gasteiger partial charge in [0, 0.05) is 17.3 Å². The third kappa shape index (κ3) is 2.31.